The molecule has 7 nitrogen and oxygen atoms in total. The molecule has 0 saturated carbocycles. The van der Waals surface area contributed by atoms with Gasteiger partial charge in [-0.3, -0.25) is 18.7 Å². The number of nitrogens with zero attached hydrogens (tertiary/aromatic N) is 1. The fourth-order valence-corrected chi connectivity index (χ4v) is 4.14. The summed E-state index contributed by atoms with van der Waals surface area (Å²) in [6.45, 7) is 0. The molecule has 2 heterocycles. The highest BCUT2D eigenvalue weighted by molar-refractivity contribution is 7.86. The largest absolute Gasteiger partial charge is 0.477 e. The monoisotopic (exact) mass is 334 g/mol. The van der Waals surface area contributed by atoms with Gasteiger partial charge in [0.2, 0.25) is 5.91 Å². The predicted octanol–water partition coefficient (Wildman–Crippen LogP) is -0.387. The highest BCUT2D eigenvalue weighted by Crippen LogP contribution is 2.31. The minimum absolute atomic E-state index is 0.0567. The number of carboxylic acid groups (broad SMARTS) is 1. The first kappa shape index (κ1) is 15.4. The maximum absolute atomic E-state index is 12.1. The van der Waals surface area contributed by atoms with Crippen LogP contribution in [0.15, 0.2) is 42.1 Å². The van der Waals surface area contributed by atoms with Crippen LogP contribution in [-0.2, 0) is 31.6 Å². The van der Waals surface area contributed by atoms with Crippen LogP contribution >= 0.6 is 0 Å². The Hall–Kier alpha value is -2.48. The molecule has 0 bridgehead atoms. The first-order chi connectivity index (χ1) is 11.0. The van der Waals surface area contributed by atoms with Gasteiger partial charge in [0.1, 0.15) is 17.1 Å². The van der Waals surface area contributed by atoms with Crippen molar-refractivity contribution in [2.24, 2.45) is 0 Å². The van der Waals surface area contributed by atoms with Gasteiger partial charge in [-0.2, -0.15) is 0 Å². The summed E-state index contributed by atoms with van der Waals surface area (Å²) in [7, 11) is -1.43. The Bertz CT molecular complexity index is 731. The highest BCUT2D eigenvalue weighted by Gasteiger charge is 2.55. The second-order valence-corrected chi connectivity index (χ2v) is 6.83. The van der Waals surface area contributed by atoms with Gasteiger partial charge in [0, 0.05) is 5.75 Å². The lowest BCUT2D eigenvalue weighted by Gasteiger charge is -2.47. The Morgan fingerprint density at radius 1 is 1.30 bits per heavy atom. The van der Waals surface area contributed by atoms with Gasteiger partial charge in [0.25, 0.3) is 5.91 Å². The molecule has 2 aliphatic rings. The van der Waals surface area contributed by atoms with E-state index in [4.69, 9.17) is 5.11 Å². The Morgan fingerprint density at radius 2 is 2.00 bits per heavy atom. The molecule has 2 N–H and O–H groups in total. The number of carbonyl (C=O) groups excluding carboxylic acids is 2. The molecular weight excluding hydrogens is 320 g/mol. The fraction of sp³-hybridized carbons (Fsp3) is 0.267. The molecule has 0 aromatic heterocycles. The summed E-state index contributed by atoms with van der Waals surface area (Å²) < 4.78 is 12.0. The van der Waals surface area contributed by atoms with Crippen molar-refractivity contribution in [2.45, 2.75) is 17.8 Å². The van der Waals surface area contributed by atoms with Crippen LogP contribution in [0.1, 0.15) is 5.56 Å². The van der Waals surface area contributed by atoms with E-state index in [9.17, 15) is 18.6 Å². The van der Waals surface area contributed by atoms with Crippen molar-refractivity contribution in [3.63, 3.8) is 0 Å². The summed E-state index contributed by atoms with van der Waals surface area (Å²) >= 11 is 0. The molecule has 1 aromatic carbocycles. The molecule has 3 atom stereocenters. The van der Waals surface area contributed by atoms with Crippen molar-refractivity contribution < 1.29 is 23.7 Å². The van der Waals surface area contributed by atoms with Crippen molar-refractivity contribution in [1.82, 2.24) is 10.2 Å². The topological polar surface area (TPSA) is 104 Å². The molecule has 2 unspecified atom stereocenters. The van der Waals surface area contributed by atoms with Crippen LogP contribution in [0, 0.1) is 0 Å². The number of amides is 2. The Kier molecular flexibility index (Phi) is 3.99. The fourth-order valence-electron chi connectivity index (χ4n) is 2.68. The summed E-state index contributed by atoms with van der Waals surface area (Å²) in [4.78, 5) is 36.3. The summed E-state index contributed by atoms with van der Waals surface area (Å²) in [5.74, 6) is -2.09. The lowest BCUT2D eigenvalue weighted by Crippen LogP contribution is -2.73. The van der Waals surface area contributed by atoms with Gasteiger partial charge in [-0.25, -0.2) is 4.79 Å². The molecule has 2 amide bonds. The molecule has 8 heteroatoms. The number of carbonyl (C=O) groups is 3. The number of hydrogen-bond acceptors (Lipinski definition) is 4. The number of rotatable bonds is 4. The van der Waals surface area contributed by atoms with Crippen LogP contribution in [0.5, 0.6) is 0 Å². The SMILES string of the molecule is O=C(Cc1ccccc1)NC1C(=O)N2C(C(=O)O)=CCS(=O)[C@@H]12. The second-order valence-electron chi connectivity index (χ2n) is 5.25. The number of benzene rings is 1. The van der Waals surface area contributed by atoms with Gasteiger partial charge in [-0.1, -0.05) is 30.3 Å². The quantitative estimate of drug-likeness (QED) is 0.730. The van der Waals surface area contributed by atoms with E-state index >= 15 is 0 Å². The molecule has 1 fully saturated rings. The second kappa shape index (κ2) is 5.96. The molecule has 23 heavy (non-hydrogen) atoms. The van der Waals surface area contributed by atoms with E-state index < -0.39 is 34.1 Å². The molecule has 1 aromatic rings. The number of hydrogen-bond donors (Lipinski definition) is 2. The lowest BCUT2D eigenvalue weighted by atomic mass is 10.0. The molecule has 1 saturated heterocycles. The van der Waals surface area contributed by atoms with Crippen molar-refractivity contribution >= 4 is 28.6 Å². The third-order valence-electron chi connectivity index (χ3n) is 3.76. The van der Waals surface area contributed by atoms with Crippen LogP contribution in [0.3, 0.4) is 0 Å². The van der Waals surface area contributed by atoms with E-state index in [1.165, 1.54) is 6.08 Å². The van der Waals surface area contributed by atoms with Crippen molar-refractivity contribution in [3.05, 3.63) is 47.7 Å². The van der Waals surface area contributed by atoms with Crippen LogP contribution < -0.4 is 5.32 Å². The minimum atomic E-state index is -1.43. The Morgan fingerprint density at radius 3 is 2.65 bits per heavy atom. The molecule has 0 aliphatic carbocycles. The van der Waals surface area contributed by atoms with E-state index in [1.807, 2.05) is 6.07 Å². The molecule has 3 rings (SSSR count). The zero-order valence-corrected chi connectivity index (χ0v) is 12.8. The zero-order chi connectivity index (χ0) is 16.6. The molecule has 0 radical (unpaired) electrons. The predicted molar refractivity (Wildman–Crippen MR) is 81.4 cm³/mol. The summed E-state index contributed by atoms with van der Waals surface area (Å²) in [6, 6.07) is 8.09. The van der Waals surface area contributed by atoms with Gasteiger partial charge in [0.05, 0.1) is 17.2 Å². The first-order valence-electron chi connectivity index (χ1n) is 6.96. The lowest BCUT2D eigenvalue weighted by molar-refractivity contribution is -0.150. The smallest absolute Gasteiger partial charge is 0.352 e. The summed E-state index contributed by atoms with van der Waals surface area (Å²) in [5, 5.41) is 10.8. The van der Waals surface area contributed by atoms with Gasteiger partial charge in [-0.05, 0) is 11.6 Å². The number of fused-ring (bicyclic) bond motifs is 1. The molecule has 0 spiro atoms. The van der Waals surface area contributed by atoms with Gasteiger partial charge in [-0.15, -0.1) is 0 Å². The highest BCUT2D eigenvalue weighted by atomic mass is 32.2. The van der Waals surface area contributed by atoms with Gasteiger partial charge >= 0.3 is 5.97 Å². The average Bonchev–Trinajstić information content (AvgIpc) is 2.53. The molecule has 120 valence electrons. The average molecular weight is 334 g/mol. The molecular formula is C15H14N2O5S. The van der Waals surface area contributed by atoms with Gasteiger partial charge in [0.15, 0.2) is 0 Å². The summed E-state index contributed by atoms with van der Waals surface area (Å²) in [6.07, 6.45) is 1.38. The van der Waals surface area contributed by atoms with E-state index in [1.54, 1.807) is 24.3 Å². The maximum Gasteiger partial charge on any atom is 0.352 e. The number of aliphatic carboxylic acids is 1. The first-order valence-corrected chi connectivity index (χ1v) is 8.34. The Labute approximate surface area is 134 Å². The van der Waals surface area contributed by atoms with Crippen molar-refractivity contribution in [2.75, 3.05) is 5.75 Å². The van der Waals surface area contributed by atoms with Crippen molar-refractivity contribution in [3.8, 4) is 0 Å². The van der Waals surface area contributed by atoms with E-state index in [0.29, 0.717) is 0 Å². The van der Waals surface area contributed by atoms with E-state index in [2.05, 4.69) is 5.32 Å². The van der Waals surface area contributed by atoms with Crippen LogP contribution in [0.2, 0.25) is 0 Å². The maximum atomic E-state index is 12.1. The number of carboxylic acids is 1. The van der Waals surface area contributed by atoms with Crippen molar-refractivity contribution in [1.29, 1.82) is 0 Å². The number of β-lactam (4-membered cyclic amide) rings is 1. The van der Waals surface area contributed by atoms with Crippen LogP contribution in [-0.4, -0.2) is 49.2 Å². The summed E-state index contributed by atoms with van der Waals surface area (Å²) in [5.41, 5.74) is 0.623. The van der Waals surface area contributed by atoms with Crippen LogP contribution in [0.4, 0.5) is 0 Å². The Balaban J connectivity index is 1.70. The number of nitrogens with one attached hydrogen (secondary N) is 1. The molecule has 2 aliphatic heterocycles. The minimum Gasteiger partial charge on any atom is -0.477 e. The van der Waals surface area contributed by atoms with Gasteiger partial charge < -0.3 is 10.4 Å². The normalized spacial score (nSPS) is 25.9. The third kappa shape index (κ3) is 2.77. The zero-order valence-electron chi connectivity index (χ0n) is 12.0. The van der Waals surface area contributed by atoms with E-state index in [-0.39, 0.29) is 23.8 Å². The van der Waals surface area contributed by atoms with Crippen LogP contribution in [0.25, 0.3) is 0 Å². The third-order valence-corrected chi connectivity index (χ3v) is 5.27. The van der Waals surface area contributed by atoms with E-state index in [0.717, 1.165) is 10.5 Å². The standard InChI is InChI=1S/C15H14N2O5S/c18-11(8-9-4-2-1-3-5-9)16-12-13(19)17-10(15(20)21)6-7-23(22)14(12)17/h1-6,12,14H,7-8H2,(H,16,18)(H,20,21)/t12?,14-,23?/m0/s1.